The van der Waals surface area contributed by atoms with Gasteiger partial charge in [-0.15, -0.1) is 0 Å². The third-order valence-corrected chi connectivity index (χ3v) is 4.71. The van der Waals surface area contributed by atoms with Gasteiger partial charge in [-0.3, -0.25) is 0 Å². The number of likely N-dealkylation sites (N-methyl/N-ethyl adjacent to an activating group) is 1. The Hall–Kier alpha value is -0.120. The minimum atomic E-state index is -0.522. The fourth-order valence-corrected chi connectivity index (χ4v) is 2.84. The zero-order chi connectivity index (χ0) is 12.9. The van der Waals surface area contributed by atoms with Crippen molar-refractivity contribution in [2.24, 2.45) is 0 Å². The van der Waals surface area contributed by atoms with Crippen LogP contribution in [-0.4, -0.2) is 48.3 Å². The van der Waals surface area contributed by atoms with E-state index in [1.807, 2.05) is 0 Å². The molecule has 1 aliphatic carbocycles. The van der Waals surface area contributed by atoms with Gasteiger partial charge in [0.15, 0.2) is 0 Å². The SMILES string of the molecule is CCC(O)(CC)CNCC1(N(C)C)CCCC1. The van der Waals surface area contributed by atoms with Crippen LogP contribution in [0.1, 0.15) is 52.4 Å². The molecule has 0 atom stereocenters. The van der Waals surface area contributed by atoms with Gasteiger partial charge in [0.1, 0.15) is 0 Å². The molecule has 17 heavy (non-hydrogen) atoms. The Bertz CT molecular complexity index is 218. The van der Waals surface area contributed by atoms with Crippen LogP contribution in [0.5, 0.6) is 0 Å². The molecule has 0 aromatic rings. The summed E-state index contributed by atoms with van der Waals surface area (Å²) in [7, 11) is 4.36. The molecule has 0 bridgehead atoms. The number of aliphatic hydroxyl groups is 1. The maximum absolute atomic E-state index is 10.2. The van der Waals surface area contributed by atoms with Gasteiger partial charge in [-0.2, -0.15) is 0 Å². The molecule has 0 aromatic heterocycles. The molecule has 0 saturated heterocycles. The molecule has 2 N–H and O–H groups in total. The van der Waals surface area contributed by atoms with E-state index in [9.17, 15) is 5.11 Å². The number of hydrogen-bond acceptors (Lipinski definition) is 3. The van der Waals surface area contributed by atoms with Crippen LogP contribution in [-0.2, 0) is 0 Å². The van der Waals surface area contributed by atoms with Crippen molar-refractivity contribution >= 4 is 0 Å². The summed E-state index contributed by atoms with van der Waals surface area (Å²) in [5.41, 5.74) is -0.200. The molecule has 3 nitrogen and oxygen atoms in total. The largest absolute Gasteiger partial charge is 0.389 e. The van der Waals surface area contributed by atoms with Crippen molar-refractivity contribution in [1.29, 1.82) is 0 Å². The maximum Gasteiger partial charge on any atom is 0.0766 e. The fourth-order valence-electron chi connectivity index (χ4n) is 2.84. The molecule has 0 amide bonds. The lowest BCUT2D eigenvalue weighted by atomic mass is 9.94. The predicted octanol–water partition coefficient (Wildman–Crippen LogP) is 2.00. The maximum atomic E-state index is 10.2. The molecule has 3 heteroatoms. The van der Waals surface area contributed by atoms with Crippen LogP contribution in [0.2, 0.25) is 0 Å². The second kappa shape index (κ2) is 6.17. The van der Waals surface area contributed by atoms with Gasteiger partial charge in [-0.1, -0.05) is 26.7 Å². The average Bonchev–Trinajstić information content (AvgIpc) is 2.79. The first kappa shape index (κ1) is 14.9. The normalized spacial score (nSPS) is 20.1. The van der Waals surface area contributed by atoms with Gasteiger partial charge in [0.25, 0.3) is 0 Å². The number of hydrogen-bond donors (Lipinski definition) is 2. The molecule has 0 unspecified atom stereocenters. The van der Waals surface area contributed by atoms with Gasteiger partial charge in [0.05, 0.1) is 5.60 Å². The van der Waals surface area contributed by atoms with E-state index in [4.69, 9.17) is 0 Å². The average molecular weight is 242 g/mol. The van der Waals surface area contributed by atoms with Crippen molar-refractivity contribution in [2.75, 3.05) is 27.2 Å². The van der Waals surface area contributed by atoms with Crippen LogP contribution in [0.15, 0.2) is 0 Å². The van der Waals surface area contributed by atoms with E-state index in [0.29, 0.717) is 5.54 Å². The minimum absolute atomic E-state index is 0.322. The van der Waals surface area contributed by atoms with E-state index in [0.717, 1.165) is 25.9 Å². The standard InChI is InChI=1S/C14H30N2O/c1-5-14(17,6-2)12-15-11-13(16(3)4)9-7-8-10-13/h15,17H,5-12H2,1-4H3. The Labute approximate surface area is 107 Å². The Morgan fingerprint density at radius 1 is 1.18 bits per heavy atom. The third kappa shape index (κ3) is 3.67. The zero-order valence-electron chi connectivity index (χ0n) is 12.1. The summed E-state index contributed by atoms with van der Waals surface area (Å²) in [6, 6.07) is 0. The molecule has 102 valence electrons. The van der Waals surface area contributed by atoms with Crippen molar-refractivity contribution in [2.45, 2.75) is 63.5 Å². The number of nitrogens with one attached hydrogen (secondary N) is 1. The Morgan fingerprint density at radius 2 is 1.71 bits per heavy atom. The smallest absolute Gasteiger partial charge is 0.0766 e. The zero-order valence-corrected chi connectivity index (χ0v) is 12.1. The highest BCUT2D eigenvalue weighted by molar-refractivity contribution is 4.95. The van der Waals surface area contributed by atoms with E-state index in [1.54, 1.807) is 0 Å². The van der Waals surface area contributed by atoms with Crippen molar-refractivity contribution in [3.05, 3.63) is 0 Å². The summed E-state index contributed by atoms with van der Waals surface area (Å²) in [5, 5.41) is 13.7. The van der Waals surface area contributed by atoms with Crippen LogP contribution >= 0.6 is 0 Å². The number of nitrogens with zero attached hydrogens (tertiary/aromatic N) is 1. The molecule has 1 fully saturated rings. The third-order valence-electron chi connectivity index (χ3n) is 4.71. The van der Waals surface area contributed by atoms with Gasteiger partial charge in [0.2, 0.25) is 0 Å². The molecular weight excluding hydrogens is 212 g/mol. The highest BCUT2D eigenvalue weighted by atomic mass is 16.3. The molecule has 0 radical (unpaired) electrons. The molecule has 0 spiro atoms. The molecule has 1 saturated carbocycles. The monoisotopic (exact) mass is 242 g/mol. The Kier molecular flexibility index (Phi) is 5.42. The van der Waals surface area contributed by atoms with E-state index in [2.05, 4.69) is 38.2 Å². The summed E-state index contributed by atoms with van der Waals surface area (Å²) in [5.74, 6) is 0. The van der Waals surface area contributed by atoms with E-state index in [1.165, 1.54) is 25.7 Å². The molecule has 1 aliphatic rings. The van der Waals surface area contributed by atoms with E-state index in [-0.39, 0.29) is 0 Å². The van der Waals surface area contributed by atoms with Crippen molar-refractivity contribution in [1.82, 2.24) is 10.2 Å². The second-order valence-electron chi connectivity index (χ2n) is 5.86. The Balaban J connectivity index is 2.43. The fraction of sp³-hybridized carbons (Fsp3) is 1.00. The summed E-state index contributed by atoms with van der Waals surface area (Å²) >= 11 is 0. The van der Waals surface area contributed by atoms with Crippen LogP contribution in [0, 0.1) is 0 Å². The summed E-state index contributed by atoms with van der Waals surface area (Å²) < 4.78 is 0. The summed E-state index contributed by atoms with van der Waals surface area (Å²) in [6.45, 7) is 5.84. The van der Waals surface area contributed by atoms with Gasteiger partial charge in [0, 0.05) is 18.6 Å². The Morgan fingerprint density at radius 3 is 2.12 bits per heavy atom. The summed E-state index contributed by atoms with van der Waals surface area (Å²) in [4.78, 5) is 2.37. The molecule has 1 rings (SSSR count). The molecule has 0 heterocycles. The number of rotatable bonds is 7. The van der Waals surface area contributed by atoms with Gasteiger partial charge in [-0.05, 0) is 39.8 Å². The van der Waals surface area contributed by atoms with Crippen LogP contribution in [0.4, 0.5) is 0 Å². The first-order valence-electron chi connectivity index (χ1n) is 7.08. The van der Waals surface area contributed by atoms with Crippen molar-refractivity contribution < 1.29 is 5.11 Å². The molecular formula is C14H30N2O. The topological polar surface area (TPSA) is 35.5 Å². The predicted molar refractivity (Wildman–Crippen MR) is 73.3 cm³/mol. The lowest BCUT2D eigenvalue weighted by molar-refractivity contribution is 0.0279. The van der Waals surface area contributed by atoms with Crippen molar-refractivity contribution in [3.63, 3.8) is 0 Å². The van der Waals surface area contributed by atoms with Crippen LogP contribution < -0.4 is 5.32 Å². The first-order valence-corrected chi connectivity index (χ1v) is 7.08. The first-order chi connectivity index (χ1) is 7.98. The summed E-state index contributed by atoms with van der Waals surface area (Å²) in [6.07, 6.45) is 6.89. The van der Waals surface area contributed by atoms with E-state index >= 15 is 0 Å². The highest BCUT2D eigenvalue weighted by Gasteiger charge is 2.36. The second-order valence-corrected chi connectivity index (χ2v) is 5.86. The van der Waals surface area contributed by atoms with Gasteiger partial charge in [-0.25, -0.2) is 0 Å². The minimum Gasteiger partial charge on any atom is -0.389 e. The highest BCUT2D eigenvalue weighted by Crippen LogP contribution is 2.33. The van der Waals surface area contributed by atoms with E-state index < -0.39 is 5.60 Å². The lowest BCUT2D eigenvalue weighted by Gasteiger charge is -2.38. The quantitative estimate of drug-likeness (QED) is 0.717. The lowest BCUT2D eigenvalue weighted by Crippen LogP contribution is -2.52. The molecule has 0 aliphatic heterocycles. The van der Waals surface area contributed by atoms with Crippen molar-refractivity contribution in [3.8, 4) is 0 Å². The van der Waals surface area contributed by atoms with Gasteiger partial charge < -0.3 is 15.3 Å². The van der Waals surface area contributed by atoms with Crippen LogP contribution in [0.3, 0.4) is 0 Å². The van der Waals surface area contributed by atoms with Gasteiger partial charge >= 0.3 is 0 Å². The molecule has 0 aromatic carbocycles. The van der Waals surface area contributed by atoms with Crippen LogP contribution in [0.25, 0.3) is 0 Å².